The highest BCUT2D eigenvalue weighted by atomic mass is 16.6. The van der Waals surface area contributed by atoms with E-state index in [2.05, 4.69) is 0 Å². The SMILES string of the molecule is C/C=C/C=C(C)/C=C/C=C(C)/C=C/C1=C(C)C(=O)C(OC(=O)CCC(=O)OCC(O)C(O)C(O)C(O)CO)CC1(C)C. The Labute approximate surface area is 248 Å². The lowest BCUT2D eigenvalue weighted by atomic mass is 9.71. The first-order valence-corrected chi connectivity index (χ1v) is 13.9. The van der Waals surface area contributed by atoms with E-state index < -0.39 is 67.5 Å². The van der Waals surface area contributed by atoms with Crippen LogP contribution in [-0.2, 0) is 23.9 Å². The van der Waals surface area contributed by atoms with Crippen molar-refractivity contribution in [1.29, 1.82) is 0 Å². The van der Waals surface area contributed by atoms with Gasteiger partial charge in [-0.2, -0.15) is 0 Å². The fraction of sp³-hybridized carbons (Fsp3) is 0.531. The number of hydrogen-bond acceptors (Lipinski definition) is 10. The second kappa shape index (κ2) is 17.7. The summed E-state index contributed by atoms with van der Waals surface area (Å²) in [6.45, 7) is 10.0. The molecule has 0 radical (unpaired) electrons. The molecule has 10 nitrogen and oxygen atoms in total. The number of ketones is 1. The molecule has 234 valence electrons. The summed E-state index contributed by atoms with van der Waals surface area (Å²) in [6, 6.07) is 0. The summed E-state index contributed by atoms with van der Waals surface area (Å²) < 4.78 is 10.2. The van der Waals surface area contributed by atoms with Gasteiger partial charge in [-0.3, -0.25) is 14.4 Å². The topological polar surface area (TPSA) is 171 Å². The van der Waals surface area contributed by atoms with E-state index in [0.717, 1.165) is 16.7 Å². The fourth-order valence-electron chi connectivity index (χ4n) is 4.25. The zero-order valence-corrected chi connectivity index (χ0v) is 25.3. The molecule has 1 rings (SSSR count). The minimum Gasteiger partial charge on any atom is -0.463 e. The third-order valence-electron chi connectivity index (χ3n) is 6.82. The van der Waals surface area contributed by atoms with Crippen LogP contribution in [0.5, 0.6) is 0 Å². The number of hydrogen-bond donors (Lipinski definition) is 5. The van der Waals surface area contributed by atoms with E-state index in [4.69, 9.17) is 14.6 Å². The Hall–Kier alpha value is -3.15. The van der Waals surface area contributed by atoms with Crippen LogP contribution in [0.1, 0.15) is 60.8 Å². The lowest BCUT2D eigenvalue weighted by molar-refractivity contribution is -0.161. The van der Waals surface area contributed by atoms with E-state index in [-0.39, 0.29) is 18.6 Å². The molecule has 0 aliphatic heterocycles. The molecule has 0 aromatic heterocycles. The van der Waals surface area contributed by atoms with Crippen LogP contribution in [0, 0.1) is 5.41 Å². The van der Waals surface area contributed by atoms with Crippen LogP contribution in [0.3, 0.4) is 0 Å². The van der Waals surface area contributed by atoms with Gasteiger partial charge in [0.05, 0.1) is 19.4 Å². The van der Waals surface area contributed by atoms with Gasteiger partial charge in [-0.15, -0.1) is 0 Å². The van der Waals surface area contributed by atoms with Crippen molar-refractivity contribution in [2.24, 2.45) is 5.41 Å². The van der Waals surface area contributed by atoms with Crippen molar-refractivity contribution in [3.05, 3.63) is 70.9 Å². The van der Waals surface area contributed by atoms with Crippen LogP contribution in [0.15, 0.2) is 70.9 Å². The van der Waals surface area contributed by atoms with E-state index in [0.29, 0.717) is 5.57 Å². The maximum atomic E-state index is 13.0. The highest BCUT2D eigenvalue weighted by molar-refractivity contribution is 6.01. The van der Waals surface area contributed by atoms with Crippen LogP contribution >= 0.6 is 0 Å². The molecular formula is C32H46O10. The van der Waals surface area contributed by atoms with Crippen molar-refractivity contribution in [3.8, 4) is 0 Å². The van der Waals surface area contributed by atoms with Crippen LogP contribution < -0.4 is 0 Å². The normalized spacial score (nSPS) is 21.2. The summed E-state index contributed by atoms with van der Waals surface area (Å²) in [5.74, 6) is -1.95. The standard InChI is InChI=1S/C32H46O10/c1-7-8-10-20(2)11-9-12-21(3)13-14-23-22(4)29(38)26(17-32(23,5)6)42-28(37)16-15-27(36)41-19-25(35)31(40)30(39)24(34)18-33/h7-14,24-26,30-31,33-35,39-40H,15-19H2,1-6H3/b8-7+,11-9+,14-13+,20-10+,21-12+. The minimum absolute atomic E-state index is 0.267. The maximum absolute atomic E-state index is 13.0. The van der Waals surface area contributed by atoms with Gasteiger partial charge >= 0.3 is 11.9 Å². The Morgan fingerprint density at radius 1 is 0.952 bits per heavy atom. The maximum Gasteiger partial charge on any atom is 0.307 e. The average Bonchev–Trinajstić information content (AvgIpc) is 2.94. The van der Waals surface area contributed by atoms with E-state index >= 15 is 0 Å². The van der Waals surface area contributed by atoms with Gasteiger partial charge in [0.2, 0.25) is 0 Å². The van der Waals surface area contributed by atoms with E-state index in [1.807, 2.05) is 83.2 Å². The molecule has 0 fully saturated rings. The van der Waals surface area contributed by atoms with Gasteiger partial charge in [-0.05, 0) is 44.3 Å². The number of allylic oxidation sites excluding steroid dienone is 11. The Kier molecular flexibility index (Phi) is 15.6. The van der Waals surface area contributed by atoms with Gasteiger partial charge < -0.3 is 35.0 Å². The molecule has 10 heteroatoms. The molecule has 0 aromatic carbocycles. The molecule has 5 unspecified atom stereocenters. The fourth-order valence-corrected chi connectivity index (χ4v) is 4.25. The van der Waals surface area contributed by atoms with Gasteiger partial charge in [0, 0.05) is 6.42 Å². The number of aliphatic hydroxyl groups is 5. The first-order chi connectivity index (χ1) is 19.6. The smallest absolute Gasteiger partial charge is 0.307 e. The van der Waals surface area contributed by atoms with Gasteiger partial charge in [-0.1, -0.05) is 73.6 Å². The molecule has 0 saturated carbocycles. The lowest BCUT2D eigenvalue weighted by Gasteiger charge is -2.36. The second-order valence-corrected chi connectivity index (χ2v) is 11.0. The highest BCUT2D eigenvalue weighted by Crippen LogP contribution is 2.40. The third kappa shape index (κ3) is 12.0. The first kappa shape index (κ1) is 36.9. The molecule has 0 heterocycles. The summed E-state index contributed by atoms with van der Waals surface area (Å²) >= 11 is 0. The predicted molar refractivity (Wildman–Crippen MR) is 158 cm³/mol. The molecular weight excluding hydrogens is 544 g/mol. The van der Waals surface area contributed by atoms with E-state index in [9.17, 15) is 34.8 Å². The number of esters is 2. The van der Waals surface area contributed by atoms with Crippen LogP contribution in [0.25, 0.3) is 0 Å². The van der Waals surface area contributed by atoms with Crippen LogP contribution in [0.4, 0.5) is 0 Å². The Balaban J connectivity index is 2.72. The van der Waals surface area contributed by atoms with Crippen LogP contribution in [0.2, 0.25) is 0 Å². The largest absolute Gasteiger partial charge is 0.463 e. The first-order valence-electron chi connectivity index (χ1n) is 13.9. The number of carbonyl (C=O) groups is 3. The van der Waals surface area contributed by atoms with Gasteiger partial charge in [0.25, 0.3) is 0 Å². The molecule has 42 heavy (non-hydrogen) atoms. The zero-order chi connectivity index (χ0) is 32.0. The quantitative estimate of drug-likeness (QED) is 0.141. The molecule has 0 spiro atoms. The summed E-state index contributed by atoms with van der Waals surface area (Å²) in [5, 5.41) is 47.3. The monoisotopic (exact) mass is 590 g/mol. The number of carbonyl (C=O) groups excluding carboxylic acids is 3. The summed E-state index contributed by atoms with van der Waals surface area (Å²) in [7, 11) is 0. The summed E-state index contributed by atoms with van der Waals surface area (Å²) in [4.78, 5) is 37.4. The van der Waals surface area contributed by atoms with Gasteiger partial charge in [-0.25, -0.2) is 0 Å². The highest BCUT2D eigenvalue weighted by Gasteiger charge is 2.40. The molecule has 0 bridgehead atoms. The molecule has 0 aromatic rings. The molecule has 1 aliphatic rings. The second-order valence-electron chi connectivity index (χ2n) is 11.0. The van der Waals surface area contributed by atoms with Crippen LogP contribution in [-0.4, -0.2) is 87.0 Å². The number of aliphatic hydroxyl groups excluding tert-OH is 5. The Morgan fingerprint density at radius 2 is 1.52 bits per heavy atom. The third-order valence-corrected chi connectivity index (χ3v) is 6.82. The Bertz CT molecular complexity index is 1120. The van der Waals surface area contributed by atoms with E-state index in [1.165, 1.54) is 0 Å². The van der Waals surface area contributed by atoms with Gasteiger partial charge in [0.1, 0.15) is 31.0 Å². The number of Topliss-reactive ketones (excluding diaryl/α,β-unsaturated/α-hetero) is 1. The molecule has 1 aliphatic carbocycles. The minimum atomic E-state index is -1.88. The summed E-state index contributed by atoms with van der Waals surface area (Å²) in [5.41, 5.74) is 2.99. The van der Waals surface area contributed by atoms with Crippen molar-refractivity contribution < 1.29 is 49.4 Å². The number of ether oxygens (including phenoxy) is 2. The zero-order valence-electron chi connectivity index (χ0n) is 25.3. The Morgan fingerprint density at radius 3 is 2.14 bits per heavy atom. The van der Waals surface area contributed by atoms with Crippen molar-refractivity contribution in [3.63, 3.8) is 0 Å². The van der Waals surface area contributed by atoms with E-state index in [1.54, 1.807) is 6.92 Å². The molecule has 0 amide bonds. The van der Waals surface area contributed by atoms with Gasteiger partial charge in [0.15, 0.2) is 11.9 Å². The van der Waals surface area contributed by atoms with Crippen molar-refractivity contribution in [1.82, 2.24) is 0 Å². The molecule has 0 saturated heterocycles. The lowest BCUT2D eigenvalue weighted by Crippen LogP contribution is -2.47. The van der Waals surface area contributed by atoms with Crippen molar-refractivity contribution in [2.75, 3.05) is 13.2 Å². The molecule has 5 atom stereocenters. The number of rotatable bonds is 15. The summed E-state index contributed by atoms with van der Waals surface area (Å²) in [6.07, 6.45) is 7.07. The molecule has 5 N–H and O–H groups in total. The van der Waals surface area contributed by atoms with Crippen molar-refractivity contribution in [2.45, 2.75) is 91.3 Å². The van der Waals surface area contributed by atoms with Crippen molar-refractivity contribution >= 4 is 17.7 Å². The predicted octanol–water partition coefficient (Wildman–Crippen LogP) is 2.55. The average molecular weight is 591 g/mol.